The summed E-state index contributed by atoms with van der Waals surface area (Å²) in [6, 6.07) is 4.63. The first kappa shape index (κ1) is 17.7. The van der Waals surface area contributed by atoms with E-state index in [0.717, 1.165) is 18.2 Å². The van der Waals surface area contributed by atoms with Gasteiger partial charge >= 0.3 is 6.11 Å². The van der Waals surface area contributed by atoms with E-state index in [0.29, 0.717) is 0 Å². The van der Waals surface area contributed by atoms with E-state index in [4.69, 9.17) is 0 Å². The Hall–Kier alpha value is -3.10. The van der Waals surface area contributed by atoms with E-state index >= 15 is 0 Å². The number of ether oxygens (including phenoxy) is 1. The quantitative estimate of drug-likeness (QED) is 0.488. The predicted octanol–water partition coefficient (Wildman–Crippen LogP) is 4.83. The average molecular weight is 370 g/mol. The van der Waals surface area contributed by atoms with Gasteiger partial charge in [-0.05, 0) is 18.2 Å². The first-order valence-corrected chi connectivity index (χ1v) is 7.07. The van der Waals surface area contributed by atoms with Crippen molar-refractivity contribution in [2.45, 2.75) is 6.11 Å². The predicted molar refractivity (Wildman–Crippen MR) is 78.3 cm³/mol. The summed E-state index contributed by atoms with van der Waals surface area (Å²) in [6.45, 7) is 0. The maximum absolute atomic E-state index is 14.2. The first-order valence-electron chi connectivity index (χ1n) is 7.07. The van der Waals surface area contributed by atoms with Crippen LogP contribution in [0.2, 0.25) is 0 Å². The van der Waals surface area contributed by atoms with Crippen molar-refractivity contribution in [3.8, 4) is 17.1 Å². The third-order valence-electron chi connectivity index (χ3n) is 3.31. The largest absolute Gasteiger partial charge is 0.429 e. The highest BCUT2D eigenvalue weighted by atomic mass is 19.3. The molecule has 3 rings (SSSR count). The summed E-state index contributed by atoms with van der Waals surface area (Å²) < 4.78 is 85.7. The summed E-state index contributed by atoms with van der Waals surface area (Å²) in [5.74, 6) is -7.49. The zero-order valence-electron chi connectivity index (χ0n) is 12.7. The lowest BCUT2D eigenvalue weighted by Gasteiger charge is -2.19. The second-order valence-corrected chi connectivity index (χ2v) is 5.09. The molecule has 26 heavy (non-hydrogen) atoms. The summed E-state index contributed by atoms with van der Waals surface area (Å²) in [5, 5.41) is 0. The van der Waals surface area contributed by atoms with Gasteiger partial charge in [0.15, 0.2) is 23.3 Å². The molecule has 1 aromatic heterocycles. The lowest BCUT2D eigenvalue weighted by molar-refractivity contribution is -0.187. The molecule has 0 atom stereocenters. The van der Waals surface area contributed by atoms with Gasteiger partial charge in [0.05, 0.1) is 5.56 Å². The van der Waals surface area contributed by atoms with Gasteiger partial charge in [0, 0.05) is 30.1 Å². The molecule has 3 nitrogen and oxygen atoms in total. The minimum absolute atomic E-state index is 0.116. The molecular weight excluding hydrogens is 362 g/mol. The van der Waals surface area contributed by atoms with Crippen molar-refractivity contribution in [2.24, 2.45) is 0 Å². The van der Waals surface area contributed by atoms with Gasteiger partial charge in [0.1, 0.15) is 11.6 Å². The molecule has 0 saturated heterocycles. The summed E-state index contributed by atoms with van der Waals surface area (Å²) in [7, 11) is 0. The minimum atomic E-state index is -4.27. The minimum Gasteiger partial charge on any atom is -0.429 e. The van der Waals surface area contributed by atoms with Gasteiger partial charge in [0.2, 0.25) is 0 Å². The van der Waals surface area contributed by atoms with Crippen LogP contribution >= 0.6 is 0 Å². The van der Waals surface area contributed by atoms with Crippen LogP contribution in [-0.4, -0.2) is 9.97 Å². The number of halogens is 6. The molecule has 1 heterocycles. The molecule has 0 N–H and O–H groups in total. The molecule has 0 saturated carbocycles. The number of alkyl halides is 2. The van der Waals surface area contributed by atoms with E-state index in [1.54, 1.807) is 0 Å². The SMILES string of the molecule is Fc1cc(-c2ncccn2)ccc1C(F)(F)Oc1cc(F)c(F)c(F)c1. The van der Waals surface area contributed by atoms with Crippen LogP contribution in [0, 0.1) is 23.3 Å². The van der Waals surface area contributed by atoms with Gasteiger partial charge in [-0.1, -0.05) is 6.07 Å². The fourth-order valence-electron chi connectivity index (χ4n) is 2.13. The molecule has 0 unspecified atom stereocenters. The van der Waals surface area contributed by atoms with Gasteiger partial charge in [-0.15, -0.1) is 0 Å². The van der Waals surface area contributed by atoms with Gasteiger partial charge < -0.3 is 4.74 Å². The zero-order chi connectivity index (χ0) is 18.9. The highest BCUT2D eigenvalue weighted by Crippen LogP contribution is 2.35. The number of benzene rings is 2. The van der Waals surface area contributed by atoms with Crippen LogP contribution in [-0.2, 0) is 6.11 Å². The van der Waals surface area contributed by atoms with Crippen LogP contribution in [0.3, 0.4) is 0 Å². The van der Waals surface area contributed by atoms with Crippen LogP contribution in [0.25, 0.3) is 11.4 Å². The van der Waals surface area contributed by atoms with Crippen molar-refractivity contribution in [1.29, 1.82) is 0 Å². The van der Waals surface area contributed by atoms with Crippen molar-refractivity contribution < 1.29 is 31.1 Å². The Morgan fingerprint density at radius 1 is 0.808 bits per heavy atom. The van der Waals surface area contributed by atoms with E-state index in [-0.39, 0.29) is 23.5 Å². The number of aromatic nitrogens is 2. The monoisotopic (exact) mass is 370 g/mol. The summed E-state index contributed by atoms with van der Waals surface area (Å²) >= 11 is 0. The van der Waals surface area contributed by atoms with Crippen LogP contribution in [0.1, 0.15) is 5.56 Å². The van der Waals surface area contributed by atoms with E-state index in [1.165, 1.54) is 18.5 Å². The Balaban J connectivity index is 1.92. The number of nitrogens with zero attached hydrogens (tertiary/aromatic N) is 2. The number of hydrogen-bond acceptors (Lipinski definition) is 3. The molecule has 0 aliphatic carbocycles. The van der Waals surface area contributed by atoms with Crippen LogP contribution < -0.4 is 4.74 Å². The molecule has 3 aromatic rings. The fraction of sp³-hybridized carbons (Fsp3) is 0.0588. The number of hydrogen-bond donors (Lipinski definition) is 0. The van der Waals surface area contributed by atoms with Gasteiger partial charge in [-0.3, -0.25) is 0 Å². The Labute approximate surface area is 142 Å². The maximum atomic E-state index is 14.2. The molecular formula is C17H8F6N2O. The Kier molecular flexibility index (Phi) is 4.54. The van der Waals surface area contributed by atoms with Crippen LogP contribution in [0.4, 0.5) is 26.3 Å². The Morgan fingerprint density at radius 2 is 1.42 bits per heavy atom. The van der Waals surface area contributed by atoms with Crippen molar-refractivity contribution in [1.82, 2.24) is 9.97 Å². The lowest BCUT2D eigenvalue weighted by Crippen LogP contribution is -2.23. The Bertz CT molecular complexity index is 926. The highest BCUT2D eigenvalue weighted by Gasteiger charge is 2.38. The standard InChI is InChI=1S/C17H8F6N2O/c18-12-6-9(16-24-4-1-5-25-16)2-3-11(12)17(22,23)26-10-7-13(19)15(21)14(20)8-10/h1-8H. The van der Waals surface area contributed by atoms with E-state index in [9.17, 15) is 26.3 Å². The molecule has 2 aromatic carbocycles. The van der Waals surface area contributed by atoms with Crippen molar-refractivity contribution >= 4 is 0 Å². The van der Waals surface area contributed by atoms with Crippen molar-refractivity contribution in [3.05, 3.63) is 77.6 Å². The third kappa shape index (κ3) is 3.46. The topological polar surface area (TPSA) is 35.0 Å². The first-order chi connectivity index (χ1) is 12.3. The zero-order valence-corrected chi connectivity index (χ0v) is 12.7. The normalized spacial score (nSPS) is 11.5. The maximum Gasteiger partial charge on any atom is 0.429 e. The molecule has 134 valence electrons. The smallest absolute Gasteiger partial charge is 0.429 e. The molecule has 0 aliphatic rings. The summed E-state index contributed by atoms with van der Waals surface area (Å²) in [6.07, 6.45) is -1.48. The van der Waals surface area contributed by atoms with Crippen molar-refractivity contribution in [3.63, 3.8) is 0 Å². The van der Waals surface area contributed by atoms with E-state index in [2.05, 4.69) is 14.7 Å². The van der Waals surface area contributed by atoms with E-state index < -0.39 is 40.7 Å². The second-order valence-electron chi connectivity index (χ2n) is 5.09. The second kappa shape index (κ2) is 6.66. The van der Waals surface area contributed by atoms with Crippen LogP contribution in [0.15, 0.2) is 48.8 Å². The fourth-order valence-corrected chi connectivity index (χ4v) is 2.13. The van der Waals surface area contributed by atoms with Gasteiger partial charge in [0.25, 0.3) is 0 Å². The Morgan fingerprint density at radius 3 is 2.00 bits per heavy atom. The summed E-state index contributed by atoms with van der Waals surface area (Å²) in [5.41, 5.74) is -1.04. The van der Waals surface area contributed by atoms with Gasteiger partial charge in [-0.2, -0.15) is 8.78 Å². The highest BCUT2D eigenvalue weighted by molar-refractivity contribution is 5.55. The average Bonchev–Trinajstić information content (AvgIpc) is 2.59. The molecule has 0 amide bonds. The molecule has 0 aliphatic heterocycles. The molecule has 0 fully saturated rings. The molecule has 0 bridgehead atoms. The lowest BCUT2D eigenvalue weighted by atomic mass is 10.1. The van der Waals surface area contributed by atoms with Gasteiger partial charge in [-0.25, -0.2) is 27.5 Å². The molecule has 0 radical (unpaired) electrons. The third-order valence-corrected chi connectivity index (χ3v) is 3.31. The summed E-state index contributed by atoms with van der Waals surface area (Å²) in [4.78, 5) is 7.72. The molecule has 0 spiro atoms. The number of rotatable bonds is 4. The van der Waals surface area contributed by atoms with Crippen LogP contribution in [0.5, 0.6) is 5.75 Å². The molecule has 9 heteroatoms. The van der Waals surface area contributed by atoms with E-state index in [1.807, 2.05) is 0 Å². The van der Waals surface area contributed by atoms with Crippen molar-refractivity contribution in [2.75, 3.05) is 0 Å².